The van der Waals surface area contributed by atoms with E-state index in [9.17, 15) is 18.0 Å². The molecule has 4 nitrogen and oxygen atoms in total. The minimum atomic E-state index is -0.775. The summed E-state index contributed by atoms with van der Waals surface area (Å²) >= 11 is 0. The zero-order chi connectivity index (χ0) is 17.7. The number of carbonyl (C=O) groups excluding carboxylic acids is 1. The van der Waals surface area contributed by atoms with E-state index in [0.29, 0.717) is 0 Å². The standard InChI is InChI=1S/C17H18F3N3O/c1-23(2)16(11-3-5-12(18)6-4-11)10-21-17(24)22-15-8-13(19)7-14(20)9-15/h3-9,16H,10H2,1-2H3,(H2,21,22,24). The highest BCUT2D eigenvalue weighted by molar-refractivity contribution is 5.89. The number of amides is 2. The Bertz CT molecular complexity index is 684. The molecular weight excluding hydrogens is 319 g/mol. The van der Waals surface area contributed by atoms with Crippen molar-refractivity contribution in [3.8, 4) is 0 Å². The first kappa shape index (κ1) is 17.8. The number of benzene rings is 2. The second-order valence-corrected chi connectivity index (χ2v) is 5.52. The lowest BCUT2D eigenvalue weighted by molar-refractivity contribution is 0.243. The van der Waals surface area contributed by atoms with Crippen molar-refractivity contribution in [2.75, 3.05) is 26.0 Å². The molecule has 7 heteroatoms. The average Bonchev–Trinajstić information content (AvgIpc) is 2.47. The smallest absolute Gasteiger partial charge is 0.319 e. The van der Waals surface area contributed by atoms with Gasteiger partial charge < -0.3 is 15.5 Å². The van der Waals surface area contributed by atoms with Gasteiger partial charge in [-0.05, 0) is 43.9 Å². The molecule has 128 valence electrons. The molecule has 2 rings (SSSR count). The summed E-state index contributed by atoms with van der Waals surface area (Å²) in [5.41, 5.74) is 0.853. The Morgan fingerprint density at radius 2 is 1.58 bits per heavy atom. The van der Waals surface area contributed by atoms with Crippen molar-refractivity contribution in [3.63, 3.8) is 0 Å². The number of urea groups is 1. The molecule has 2 aromatic carbocycles. The van der Waals surface area contributed by atoms with Crippen molar-refractivity contribution in [2.24, 2.45) is 0 Å². The van der Waals surface area contributed by atoms with Crippen molar-refractivity contribution >= 4 is 11.7 Å². The van der Waals surface area contributed by atoms with Crippen molar-refractivity contribution in [1.82, 2.24) is 10.2 Å². The second kappa shape index (κ2) is 7.83. The Morgan fingerprint density at radius 1 is 1.00 bits per heavy atom. The number of likely N-dealkylation sites (N-methyl/N-ethyl adjacent to an activating group) is 1. The van der Waals surface area contributed by atoms with E-state index in [-0.39, 0.29) is 24.1 Å². The van der Waals surface area contributed by atoms with E-state index < -0.39 is 17.7 Å². The van der Waals surface area contributed by atoms with E-state index in [4.69, 9.17) is 0 Å². The quantitative estimate of drug-likeness (QED) is 0.877. The number of hydrogen-bond donors (Lipinski definition) is 2. The Morgan fingerprint density at radius 3 is 2.12 bits per heavy atom. The van der Waals surface area contributed by atoms with Crippen LogP contribution < -0.4 is 10.6 Å². The highest BCUT2D eigenvalue weighted by atomic mass is 19.1. The summed E-state index contributed by atoms with van der Waals surface area (Å²) in [6.45, 7) is 0.238. The summed E-state index contributed by atoms with van der Waals surface area (Å²) in [7, 11) is 3.66. The van der Waals surface area contributed by atoms with Crippen molar-refractivity contribution < 1.29 is 18.0 Å². The first-order valence-electron chi connectivity index (χ1n) is 7.28. The minimum Gasteiger partial charge on any atom is -0.336 e. The zero-order valence-electron chi connectivity index (χ0n) is 13.3. The van der Waals surface area contributed by atoms with Crippen LogP contribution in [0.4, 0.5) is 23.7 Å². The Hall–Kier alpha value is -2.54. The van der Waals surface area contributed by atoms with Gasteiger partial charge in [-0.2, -0.15) is 0 Å². The molecule has 0 aliphatic carbocycles. The van der Waals surface area contributed by atoms with Crippen LogP contribution in [0.25, 0.3) is 0 Å². The van der Waals surface area contributed by atoms with E-state index >= 15 is 0 Å². The molecule has 24 heavy (non-hydrogen) atoms. The Labute approximate surface area is 138 Å². The molecule has 0 aromatic heterocycles. The van der Waals surface area contributed by atoms with E-state index in [1.54, 1.807) is 12.1 Å². The van der Waals surface area contributed by atoms with Crippen LogP contribution >= 0.6 is 0 Å². The van der Waals surface area contributed by atoms with Gasteiger partial charge in [-0.25, -0.2) is 18.0 Å². The third kappa shape index (κ3) is 4.99. The number of anilines is 1. The molecule has 1 unspecified atom stereocenters. The highest BCUT2D eigenvalue weighted by Crippen LogP contribution is 2.18. The SMILES string of the molecule is CN(C)C(CNC(=O)Nc1cc(F)cc(F)c1)c1ccc(F)cc1. The third-order valence-electron chi connectivity index (χ3n) is 3.45. The first-order valence-corrected chi connectivity index (χ1v) is 7.28. The Balaban J connectivity index is 1.98. The summed E-state index contributed by atoms with van der Waals surface area (Å²) in [6, 6.07) is 7.97. The van der Waals surface area contributed by atoms with Crippen molar-refractivity contribution in [3.05, 3.63) is 65.5 Å². The topological polar surface area (TPSA) is 44.4 Å². The normalized spacial score (nSPS) is 12.1. The van der Waals surface area contributed by atoms with E-state index in [1.165, 1.54) is 12.1 Å². The monoisotopic (exact) mass is 337 g/mol. The maximum absolute atomic E-state index is 13.1. The van der Waals surface area contributed by atoms with Gasteiger partial charge >= 0.3 is 6.03 Å². The Kier molecular flexibility index (Phi) is 5.81. The molecule has 0 bridgehead atoms. The van der Waals surface area contributed by atoms with Crippen LogP contribution in [0.3, 0.4) is 0 Å². The fourth-order valence-electron chi connectivity index (χ4n) is 2.27. The molecule has 0 aliphatic rings. The summed E-state index contributed by atoms with van der Waals surface area (Å²) in [5, 5.41) is 5.00. The molecule has 2 amide bonds. The van der Waals surface area contributed by atoms with E-state index in [2.05, 4.69) is 10.6 Å². The molecule has 1 atom stereocenters. The molecule has 0 radical (unpaired) electrons. The fourth-order valence-corrected chi connectivity index (χ4v) is 2.27. The average molecular weight is 337 g/mol. The van der Waals surface area contributed by atoms with Crippen LogP contribution in [-0.2, 0) is 0 Å². The van der Waals surface area contributed by atoms with Crippen LogP contribution in [0.15, 0.2) is 42.5 Å². The molecule has 0 saturated heterocycles. The highest BCUT2D eigenvalue weighted by Gasteiger charge is 2.15. The summed E-state index contributed by atoms with van der Waals surface area (Å²) in [4.78, 5) is 13.8. The second-order valence-electron chi connectivity index (χ2n) is 5.52. The van der Waals surface area contributed by atoms with E-state index in [0.717, 1.165) is 23.8 Å². The maximum Gasteiger partial charge on any atom is 0.319 e. The van der Waals surface area contributed by atoms with Crippen LogP contribution in [0.2, 0.25) is 0 Å². The lowest BCUT2D eigenvalue weighted by Crippen LogP contribution is -2.36. The van der Waals surface area contributed by atoms with Gasteiger partial charge in [0.05, 0.1) is 6.04 Å². The van der Waals surface area contributed by atoms with Crippen LogP contribution in [0, 0.1) is 17.5 Å². The molecule has 0 heterocycles. The molecule has 2 N–H and O–H groups in total. The van der Waals surface area contributed by atoms with Gasteiger partial charge in [-0.15, -0.1) is 0 Å². The van der Waals surface area contributed by atoms with Gasteiger partial charge in [0.2, 0.25) is 0 Å². The molecule has 0 saturated carbocycles. The molecule has 0 fully saturated rings. The summed E-state index contributed by atoms with van der Waals surface area (Å²) in [5.74, 6) is -1.89. The van der Waals surface area contributed by atoms with Gasteiger partial charge in [0.15, 0.2) is 0 Å². The van der Waals surface area contributed by atoms with Gasteiger partial charge in [0, 0.05) is 18.3 Å². The fraction of sp³-hybridized carbons (Fsp3) is 0.235. The lowest BCUT2D eigenvalue weighted by Gasteiger charge is -2.25. The largest absolute Gasteiger partial charge is 0.336 e. The number of nitrogens with one attached hydrogen (secondary N) is 2. The number of nitrogens with zero attached hydrogens (tertiary/aromatic N) is 1. The van der Waals surface area contributed by atoms with E-state index in [1.807, 2.05) is 19.0 Å². The predicted octanol–water partition coefficient (Wildman–Crippen LogP) is 3.53. The minimum absolute atomic E-state index is 0.0215. The number of rotatable bonds is 5. The van der Waals surface area contributed by atoms with Crippen molar-refractivity contribution in [2.45, 2.75) is 6.04 Å². The molecular formula is C17H18F3N3O. The predicted molar refractivity (Wildman–Crippen MR) is 86.2 cm³/mol. The van der Waals surface area contributed by atoms with Gasteiger partial charge in [0.1, 0.15) is 17.5 Å². The molecule has 2 aromatic rings. The van der Waals surface area contributed by atoms with Crippen LogP contribution in [0.5, 0.6) is 0 Å². The number of carbonyl (C=O) groups is 1. The van der Waals surface area contributed by atoms with Gasteiger partial charge in [0.25, 0.3) is 0 Å². The first-order chi connectivity index (χ1) is 11.3. The van der Waals surface area contributed by atoms with Gasteiger partial charge in [-0.3, -0.25) is 0 Å². The lowest BCUT2D eigenvalue weighted by atomic mass is 10.1. The summed E-state index contributed by atoms with van der Waals surface area (Å²) < 4.78 is 39.2. The van der Waals surface area contributed by atoms with Gasteiger partial charge in [-0.1, -0.05) is 12.1 Å². The molecule has 0 aliphatic heterocycles. The maximum atomic E-state index is 13.1. The summed E-state index contributed by atoms with van der Waals surface area (Å²) in [6.07, 6.45) is 0. The zero-order valence-corrected chi connectivity index (χ0v) is 13.3. The number of halogens is 3. The number of hydrogen-bond acceptors (Lipinski definition) is 2. The van der Waals surface area contributed by atoms with Crippen LogP contribution in [-0.4, -0.2) is 31.6 Å². The van der Waals surface area contributed by atoms with Crippen molar-refractivity contribution in [1.29, 1.82) is 0 Å². The van der Waals surface area contributed by atoms with Crippen LogP contribution in [0.1, 0.15) is 11.6 Å². The molecule has 0 spiro atoms. The third-order valence-corrected chi connectivity index (χ3v) is 3.45.